The van der Waals surface area contributed by atoms with Gasteiger partial charge in [-0.15, -0.1) is 11.3 Å². The summed E-state index contributed by atoms with van der Waals surface area (Å²) >= 11 is 0.625. The van der Waals surface area contributed by atoms with Gasteiger partial charge < -0.3 is 10.1 Å². The molecule has 1 N–H and O–H groups in total. The number of halogens is 3. The van der Waals surface area contributed by atoms with Crippen LogP contribution in [0.3, 0.4) is 0 Å². The van der Waals surface area contributed by atoms with Gasteiger partial charge in [-0.3, -0.25) is 4.79 Å². The van der Waals surface area contributed by atoms with E-state index >= 15 is 0 Å². The molecule has 1 aliphatic heterocycles. The number of alkyl halides is 3. The van der Waals surface area contributed by atoms with E-state index in [2.05, 4.69) is 5.32 Å². The maximum Gasteiger partial charge on any atom is 0.425 e. The van der Waals surface area contributed by atoms with Crippen molar-refractivity contribution in [3.63, 3.8) is 0 Å². The van der Waals surface area contributed by atoms with Crippen molar-refractivity contribution in [1.82, 2.24) is 5.32 Å². The minimum absolute atomic E-state index is 0.0942. The van der Waals surface area contributed by atoms with Crippen LogP contribution in [0.25, 0.3) is 0 Å². The molecule has 0 aliphatic carbocycles. The summed E-state index contributed by atoms with van der Waals surface area (Å²) in [7, 11) is 0. The number of hydrogen-bond donors (Lipinski definition) is 1. The van der Waals surface area contributed by atoms with Gasteiger partial charge in [-0.1, -0.05) is 0 Å². The molecule has 0 radical (unpaired) electrons. The molecule has 1 saturated heterocycles. The normalized spacial score (nSPS) is 23.5. The maximum absolute atomic E-state index is 12.3. The summed E-state index contributed by atoms with van der Waals surface area (Å²) in [4.78, 5) is 10.7. The third-order valence-electron chi connectivity index (χ3n) is 2.37. The zero-order valence-corrected chi connectivity index (χ0v) is 9.69. The van der Waals surface area contributed by atoms with Gasteiger partial charge in [0.1, 0.15) is 4.88 Å². The molecule has 1 amide bonds. The molecule has 2 atom stereocenters. The molecule has 0 saturated carbocycles. The Balaban J connectivity index is 1.87. The third-order valence-corrected chi connectivity index (χ3v) is 3.39. The van der Waals surface area contributed by atoms with Gasteiger partial charge in [0.05, 0.1) is 6.10 Å². The standard InChI is InChI=1S/C10H10F3NO2S/c1-5-8(16-5)9(15)14-3-6-2-7(17-4-6)10(11,12)13/h2,4-5,8H,3H2,1H3,(H,14,15)/t5-,8+/m0/s1. The number of carbonyl (C=O) groups excluding carboxylic acids is 1. The van der Waals surface area contributed by atoms with Gasteiger partial charge in [0.2, 0.25) is 0 Å². The van der Waals surface area contributed by atoms with Gasteiger partial charge in [0.25, 0.3) is 5.91 Å². The van der Waals surface area contributed by atoms with E-state index < -0.39 is 17.2 Å². The van der Waals surface area contributed by atoms with Gasteiger partial charge >= 0.3 is 6.18 Å². The van der Waals surface area contributed by atoms with Crippen LogP contribution in [0.15, 0.2) is 11.4 Å². The van der Waals surface area contributed by atoms with E-state index in [1.165, 1.54) is 5.38 Å². The van der Waals surface area contributed by atoms with Gasteiger partial charge in [0, 0.05) is 6.54 Å². The van der Waals surface area contributed by atoms with Gasteiger partial charge in [-0.2, -0.15) is 13.2 Å². The summed E-state index contributed by atoms with van der Waals surface area (Å²) in [6.07, 6.45) is -4.86. The Hall–Kier alpha value is -1.08. The molecule has 94 valence electrons. The number of carbonyl (C=O) groups is 1. The van der Waals surface area contributed by atoms with E-state index in [0.29, 0.717) is 16.9 Å². The fourth-order valence-electron chi connectivity index (χ4n) is 1.37. The Kier molecular flexibility index (Phi) is 3.13. The number of hydrogen-bond acceptors (Lipinski definition) is 3. The van der Waals surface area contributed by atoms with Crippen LogP contribution >= 0.6 is 11.3 Å². The van der Waals surface area contributed by atoms with Gasteiger partial charge in [0.15, 0.2) is 6.10 Å². The Morgan fingerprint density at radius 3 is 2.71 bits per heavy atom. The minimum Gasteiger partial charge on any atom is -0.359 e. The molecule has 0 bridgehead atoms. The highest BCUT2D eigenvalue weighted by atomic mass is 32.1. The molecule has 2 heterocycles. The monoisotopic (exact) mass is 265 g/mol. The van der Waals surface area contributed by atoms with Crippen molar-refractivity contribution in [3.05, 3.63) is 21.9 Å². The van der Waals surface area contributed by atoms with Crippen molar-refractivity contribution in [2.45, 2.75) is 31.9 Å². The highest BCUT2D eigenvalue weighted by Crippen LogP contribution is 2.34. The average Bonchev–Trinajstić information content (AvgIpc) is 2.79. The fraction of sp³-hybridized carbons (Fsp3) is 0.500. The molecule has 1 aromatic heterocycles. The average molecular weight is 265 g/mol. The quantitative estimate of drug-likeness (QED) is 0.851. The van der Waals surface area contributed by atoms with Crippen molar-refractivity contribution < 1.29 is 22.7 Å². The molecule has 2 rings (SSSR count). The smallest absolute Gasteiger partial charge is 0.359 e. The van der Waals surface area contributed by atoms with E-state index in [-0.39, 0.29) is 18.6 Å². The van der Waals surface area contributed by atoms with Crippen LogP contribution in [0.2, 0.25) is 0 Å². The fourth-order valence-corrected chi connectivity index (χ4v) is 2.15. The summed E-state index contributed by atoms with van der Waals surface area (Å²) in [5.41, 5.74) is 0.448. The predicted octanol–water partition coefficient (Wildman–Crippen LogP) is 2.17. The van der Waals surface area contributed by atoms with Crippen LogP contribution in [0.5, 0.6) is 0 Å². The highest BCUT2D eigenvalue weighted by Gasteiger charge is 2.40. The predicted molar refractivity (Wildman–Crippen MR) is 55.5 cm³/mol. The second kappa shape index (κ2) is 4.30. The zero-order chi connectivity index (χ0) is 12.6. The molecule has 0 spiro atoms. The number of amides is 1. The van der Waals surface area contributed by atoms with E-state index in [4.69, 9.17) is 4.74 Å². The summed E-state index contributed by atoms with van der Waals surface area (Å²) in [5.74, 6) is -0.280. The molecular weight excluding hydrogens is 255 g/mol. The summed E-state index contributed by atoms with van der Waals surface area (Å²) in [6, 6.07) is 1.04. The Morgan fingerprint density at radius 2 is 2.24 bits per heavy atom. The Labute approximate surface area is 99.6 Å². The minimum atomic E-state index is -4.32. The second-order valence-corrected chi connectivity index (χ2v) is 4.71. The number of nitrogens with one attached hydrogen (secondary N) is 1. The van der Waals surface area contributed by atoms with Gasteiger partial charge in [-0.05, 0) is 23.9 Å². The van der Waals surface area contributed by atoms with Crippen LogP contribution in [0.1, 0.15) is 17.4 Å². The van der Waals surface area contributed by atoms with Crippen molar-refractivity contribution in [3.8, 4) is 0 Å². The molecule has 17 heavy (non-hydrogen) atoms. The molecule has 1 aliphatic rings. The van der Waals surface area contributed by atoms with Crippen molar-refractivity contribution in [2.24, 2.45) is 0 Å². The molecule has 1 aromatic rings. The first-order valence-electron chi connectivity index (χ1n) is 4.95. The largest absolute Gasteiger partial charge is 0.425 e. The Morgan fingerprint density at radius 1 is 1.59 bits per heavy atom. The highest BCUT2D eigenvalue weighted by molar-refractivity contribution is 7.10. The number of epoxide rings is 1. The second-order valence-electron chi connectivity index (χ2n) is 3.80. The third kappa shape index (κ3) is 2.98. The number of rotatable bonds is 3. The first-order chi connectivity index (χ1) is 7.88. The lowest BCUT2D eigenvalue weighted by atomic mass is 10.3. The summed E-state index contributed by atoms with van der Waals surface area (Å²) in [5, 5.41) is 3.92. The lowest BCUT2D eigenvalue weighted by Crippen LogP contribution is -2.28. The Bertz CT molecular complexity index is 429. The van der Waals surface area contributed by atoms with Crippen molar-refractivity contribution in [1.29, 1.82) is 0 Å². The molecule has 3 nitrogen and oxygen atoms in total. The van der Waals surface area contributed by atoms with E-state index in [9.17, 15) is 18.0 Å². The van der Waals surface area contributed by atoms with Crippen LogP contribution < -0.4 is 5.32 Å². The SMILES string of the molecule is C[C@@H]1O[C@H]1C(=O)NCc1csc(C(F)(F)F)c1. The van der Waals surface area contributed by atoms with Crippen LogP contribution in [-0.4, -0.2) is 18.1 Å². The molecular formula is C10H10F3NO2S. The van der Waals surface area contributed by atoms with E-state index in [1.54, 1.807) is 6.92 Å². The first kappa shape index (κ1) is 12.4. The zero-order valence-electron chi connectivity index (χ0n) is 8.88. The van der Waals surface area contributed by atoms with Crippen molar-refractivity contribution >= 4 is 17.2 Å². The van der Waals surface area contributed by atoms with Crippen LogP contribution in [0, 0.1) is 0 Å². The lowest BCUT2D eigenvalue weighted by Gasteiger charge is -2.02. The number of thiophene rings is 1. The van der Waals surface area contributed by atoms with E-state index in [1.807, 2.05) is 0 Å². The summed E-state index contributed by atoms with van der Waals surface area (Å²) < 4.78 is 41.8. The summed E-state index contributed by atoms with van der Waals surface area (Å²) in [6.45, 7) is 1.86. The first-order valence-corrected chi connectivity index (χ1v) is 5.83. The maximum atomic E-state index is 12.3. The molecule has 0 unspecified atom stereocenters. The number of ether oxygens (including phenoxy) is 1. The molecule has 7 heteroatoms. The topological polar surface area (TPSA) is 41.6 Å². The molecule has 1 fully saturated rings. The van der Waals surface area contributed by atoms with E-state index in [0.717, 1.165) is 6.07 Å². The van der Waals surface area contributed by atoms with Crippen molar-refractivity contribution in [2.75, 3.05) is 0 Å². The van der Waals surface area contributed by atoms with Gasteiger partial charge in [-0.25, -0.2) is 0 Å². The molecule has 0 aromatic carbocycles. The van der Waals surface area contributed by atoms with Crippen LogP contribution in [-0.2, 0) is 22.3 Å². The van der Waals surface area contributed by atoms with Crippen LogP contribution in [0.4, 0.5) is 13.2 Å². The lowest BCUT2D eigenvalue weighted by molar-refractivity contribution is -0.134.